The summed E-state index contributed by atoms with van der Waals surface area (Å²) >= 11 is 0. The molecule has 0 aliphatic heterocycles. The van der Waals surface area contributed by atoms with Gasteiger partial charge in [-0.15, -0.1) is 0 Å². The van der Waals surface area contributed by atoms with E-state index in [9.17, 15) is 4.79 Å². The largest absolute Gasteiger partial charge is 0.347 e. The molecule has 0 spiro atoms. The maximum absolute atomic E-state index is 11.8. The number of rotatable bonds is 2. The van der Waals surface area contributed by atoms with Gasteiger partial charge in [-0.05, 0) is 37.0 Å². The summed E-state index contributed by atoms with van der Waals surface area (Å²) in [5.41, 5.74) is 4.36. The summed E-state index contributed by atoms with van der Waals surface area (Å²) in [6.45, 7) is 2.81. The van der Waals surface area contributed by atoms with Gasteiger partial charge in [0.25, 0.3) is 0 Å². The maximum atomic E-state index is 11.8. The Morgan fingerprint density at radius 1 is 1.33 bits per heavy atom. The summed E-state index contributed by atoms with van der Waals surface area (Å²) < 4.78 is 2.09. The lowest BCUT2D eigenvalue weighted by Crippen LogP contribution is -2.07. The Bertz CT molecular complexity index is 598. The molecule has 2 aromatic rings. The van der Waals surface area contributed by atoms with E-state index in [0.717, 1.165) is 30.6 Å². The number of hydrogen-bond acceptors (Lipinski definition) is 2. The normalized spacial score (nSPS) is 14.6. The molecule has 0 unspecified atom stereocenters. The van der Waals surface area contributed by atoms with Crippen LogP contribution in [0.25, 0.3) is 0 Å². The van der Waals surface area contributed by atoms with Crippen molar-refractivity contribution in [2.45, 2.75) is 32.7 Å². The zero-order valence-electron chi connectivity index (χ0n) is 10.5. The minimum absolute atomic E-state index is 0.285. The van der Waals surface area contributed by atoms with E-state index in [2.05, 4.69) is 28.7 Å². The number of pyridine rings is 1. The smallest absolute Gasteiger partial charge is 0.164 e. The molecule has 3 nitrogen and oxygen atoms in total. The minimum Gasteiger partial charge on any atom is -0.347 e. The molecule has 1 aliphatic carbocycles. The van der Waals surface area contributed by atoms with Crippen LogP contribution in [0, 0.1) is 6.92 Å². The number of fused-ring (bicyclic) bond motifs is 1. The predicted octanol–water partition coefficient (Wildman–Crippen LogP) is 2.76. The Morgan fingerprint density at radius 3 is 3.00 bits per heavy atom. The van der Waals surface area contributed by atoms with Gasteiger partial charge in [0.1, 0.15) is 0 Å². The second kappa shape index (κ2) is 4.41. The Labute approximate surface area is 106 Å². The van der Waals surface area contributed by atoms with Gasteiger partial charge in [-0.1, -0.05) is 6.07 Å². The van der Waals surface area contributed by atoms with Gasteiger partial charge in [-0.3, -0.25) is 9.78 Å². The third-order valence-electron chi connectivity index (χ3n) is 3.56. The molecule has 2 heterocycles. The number of carbonyl (C=O) groups is 1. The number of aromatic nitrogens is 2. The molecule has 0 amide bonds. The molecule has 0 saturated carbocycles. The van der Waals surface area contributed by atoms with Gasteiger partial charge in [0.2, 0.25) is 0 Å². The molecule has 0 atom stereocenters. The number of carbonyl (C=O) groups excluding carboxylic acids is 1. The highest BCUT2D eigenvalue weighted by Gasteiger charge is 2.19. The van der Waals surface area contributed by atoms with Crippen molar-refractivity contribution in [3.05, 3.63) is 53.1 Å². The van der Waals surface area contributed by atoms with Crippen molar-refractivity contribution in [1.29, 1.82) is 0 Å². The lowest BCUT2D eigenvalue weighted by Gasteiger charge is -2.07. The van der Waals surface area contributed by atoms with Crippen LogP contribution in [0.15, 0.2) is 30.7 Å². The van der Waals surface area contributed by atoms with E-state index in [0.29, 0.717) is 6.42 Å². The fourth-order valence-corrected chi connectivity index (χ4v) is 2.53. The Balaban J connectivity index is 1.90. The molecule has 92 valence electrons. The fraction of sp³-hybridized carbons (Fsp3) is 0.333. The first-order valence-corrected chi connectivity index (χ1v) is 6.36. The topological polar surface area (TPSA) is 34.9 Å². The zero-order chi connectivity index (χ0) is 12.5. The first-order valence-electron chi connectivity index (χ1n) is 6.36. The van der Waals surface area contributed by atoms with E-state index < -0.39 is 0 Å². The molecule has 3 rings (SSSR count). The molecule has 0 fully saturated rings. The number of Topliss-reactive ketones (excluding diaryl/α,β-unsaturated/α-hetero) is 1. The highest BCUT2D eigenvalue weighted by molar-refractivity contribution is 5.98. The quantitative estimate of drug-likeness (QED) is 0.809. The summed E-state index contributed by atoms with van der Waals surface area (Å²) in [6, 6.07) is 4.01. The second-order valence-corrected chi connectivity index (χ2v) is 4.91. The average molecular weight is 240 g/mol. The van der Waals surface area contributed by atoms with Crippen molar-refractivity contribution in [3.8, 4) is 0 Å². The molecule has 1 aliphatic rings. The van der Waals surface area contributed by atoms with Gasteiger partial charge in [-0.25, -0.2) is 0 Å². The highest BCUT2D eigenvalue weighted by atomic mass is 16.1. The number of nitrogens with zero attached hydrogens (tertiary/aromatic N) is 2. The third kappa shape index (κ3) is 1.96. The van der Waals surface area contributed by atoms with Crippen LogP contribution in [0.2, 0.25) is 0 Å². The lowest BCUT2D eigenvalue weighted by molar-refractivity contribution is 0.0973. The van der Waals surface area contributed by atoms with Crippen molar-refractivity contribution in [2.75, 3.05) is 0 Å². The predicted molar refractivity (Wildman–Crippen MR) is 69.8 cm³/mol. The van der Waals surface area contributed by atoms with Gasteiger partial charge < -0.3 is 4.57 Å². The van der Waals surface area contributed by atoms with E-state index in [1.165, 1.54) is 11.1 Å². The van der Waals surface area contributed by atoms with Crippen LogP contribution in [0.5, 0.6) is 0 Å². The molecule has 0 saturated heterocycles. The van der Waals surface area contributed by atoms with Crippen LogP contribution in [0.3, 0.4) is 0 Å². The number of aryl methyl sites for hydroxylation is 2. The van der Waals surface area contributed by atoms with E-state index >= 15 is 0 Å². The van der Waals surface area contributed by atoms with Crippen LogP contribution in [-0.4, -0.2) is 15.3 Å². The Hall–Kier alpha value is -1.90. The van der Waals surface area contributed by atoms with Crippen molar-refractivity contribution in [1.82, 2.24) is 9.55 Å². The third-order valence-corrected chi connectivity index (χ3v) is 3.56. The molecule has 2 aromatic heterocycles. The van der Waals surface area contributed by atoms with Crippen LogP contribution < -0.4 is 0 Å². The molecule has 3 heteroatoms. The number of ketones is 1. The molecular formula is C15H16N2O. The van der Waals surface area contributed by atoms with E-state index in [-0.39, 0.29) is 5.78 Å². The van der Waals surface area contributed by atoms with Crippen molar-refractivity contribution < 1.29 is 4.79 Å². The first kappa shape index (κ1) is 11.2. The Kier molecular flexibility index (Phi) is 2.74. The molecule has 18 heavy (non-hydrogen) atoms. The summed E-state index contributed by atoms with van der Waals surface area (Å²) in [5.74, 6) is 0.285. The van der Waals surface area contributed by atoms with Crippen molar-refractivity contribution in [2.24, 2.45) is 0 Å². The van der Waals surface area contributed by atoms with Crippen molar-refractivity contribution in [3.63, 3.8) is 0 Å². The standard InChI is InChI=1S/C15H16N2O/c1-11-4-3-7-16-14(11)10-17-8-12-5-2-6-15(18)13(12)9-17/h3-4,7-9H,2,5-6,10H2,1H3. The molecule has 0 aromatic carbocycles. The minimum atomic E-state index is 0.285. The summed E-state index contributed by atoms with van der Waals surface area (Å²) in [5, 5.41) is 0. The average Bonchev–Trinajstić information content (AvgIpc) is 2.76. The lowest BCUT2D eigenvalue weighted by atomic mass is 9.95. The van der Waals surface area contributed by atoms with Gasteiger partial charge >= 0.3 is 0 Å². The van der Waals surface area contributed by atoms with Gasteiger partial charge in [0.15, 0.2) is 5.78 Å². The van der Waals surface area contributed by atoms with Crippen LogP contribution in [-0.2, 0) is 13.0 Å². The monoisotopic (exact) mass is 240 g/mol. The van der Waals surface area contributed by atoms with Gasteiger partial charge in [0.05, 0.1) is 12.2 Å². The maximum Gasteiger partial charge on any atom is 0.164 e. The molecule has 0 radical (unpaired) electrons. The van der Waals surface area contributed by atoms with E-state index in [4.69, 9.17) is 0 Å². The zero-order valence-corrected chi connectivity index (χ0v) is 10.5. The summed E-state index contributed by atoms with van der Waals surface area (Å²) in [6.07, 6.45) is 8.59. The van der Waals surface area contributed by atoms with Crippen molar-refractivity contribution >= 4 is 5.78 Å². The fourth-order valence-electron chi connectivity index (χ4n) is 2.53. The second-order valence-electron chi connectivity index (χ2n) is 4.91. The van der Waals surface area contributed by atoms with Crippen LogP contribution >= 0.6 is 0 Å². The Morgan fingerprint density at radius 2 is 2.22 bits per heavy atom. The first-order chi connectivity index (χ1) is 8.74. The molecule has 0 N–H and O–H groups in total. The number of hydrogen-bond donors (Lipinski definition) is 0. The van der Waals surface area contributed by atoms with Crippen LogP contribution in [0.4, 0.5) is 0 Å². The highest BCUT2D eigenvalue weighted by Crippen LogP contribution is 2.22. The molecular weight excluding hydrogens is 224 g/mol. The van der Waals surface area contributed by atoms with E-state index in [1.807, 2.05) is 18.5 Å². The SMILES string of the molecule is Cc1cccnc1Cn1cc2c(c1)C(=O)CCC2. The van der Waals surface area contributed by atoms with Crippen LogP contribution in [0.1, 0.15) is 40.0 Å². The van der Waals surface area contributed by atoms with Gasteiger partial charge in [-0.2, -0.15) is 0 Å². The summed E-state index contributed by atoms with van der Waals surface area (Å²) in [4.78, 5) is 16.2. The summed E-state index contributed by atoms with van der Waals surface area (Å²) in [7, 11) is 0. The van der Waals surface area contributed by atoms with Gasteiger partial charge in [0, 0.05) is 30.6 Å². The van der Waals surface area contributed by atoms with E-state index in [1.54, 1.807) is 0 Å². The molecule has 0 bridgehead atoms.